The van der Waals surface area contributed by atoms with E-state index in [0.717, 1.165) is 27.9 Å². The number of imidazole rings is 1. The predicted octanol–water partition coefficient (Wildman–Crippen LogP) is 6.55. The van der Waals surface area contributed by atoms with Crippen LogP contribution in [0.5, 0.6) is 5.75 Å². The summed E-state index contributed by atoms with van der Waals surface area (Å²) < 4.78 is 25.8. The summed E-state index contributed by atoms with van der Waals surface area (Å²) in [7, 11) is 1.38. The summed E-state index contributed by atoms with van der Waals surface area (Å²) in [6.07, 6.45) is 0.173. The standard InChI is InChI=1S/C27H22ClFN2O3/c1-27(2)25-24(30-26(31-25)23-19(28)9-6-10-20(23)29)18-12-11-16(13-21(18)34-27)17-8-5-4-7-15(17)14-22(32)33-3/h4-13H,14H2,1-3H3,(H,30,31). The molecule has 1 aliphatic heterocycles. The minimum absolute atomic E-state index is 0.173. The first-order valence-corrected chi connectivity index (χ1v) is 11.2. The summed E-state index contributed by atoms with van der Waals surface area (Å²) in [6, 6.07) is 18.1. The molecule has 0 radical (unpaired) electrons. The molecule has 34 heavy (non-hydrogen) atoms. The van der Waals surface area contributed by atoms with Crippen LogP contribution in [0.1, 0.15) is 25.1 Å². The van der Waals surface area contributed by atoms with Crippen molar-refractivity contribution >= 4 is 17.6 Å². The molecule has 172 valence electrons. The Hall–Kier alpha value is -3.64. The zero-order valence-electron chi connectivity index (χ0n) is 18.9. The minimum atomic E-state index is -0.741. The van der Waals surface area contributed by atoms with Gasteiger partial charge in [-0.15, -0.1) is 0 Å². The van der Waals surface area contributed by atoms with E-state index in [2.05, 4.69) is 4.98 Å². The number of hydrogen-bond donors (Lipinski definition) is 1. The third-order valence-electron chi connectivity index (χ3n) is 6.00. The van der Waals surface area contributed by atoms with E-state index < -0.39 is 11.4 Å². The second-order valence-electron chi connectivity index (χ2n) is 8.64. The van der Waals surface area contributed by atoms with Gasteiger partial charge in [-0.25, -0.2) is 9.37 Å². The van der Waals surface area contributed by atoms with E-state index in [1.807, 2.05) is 56.3 Å². The number of ether oxygens (including phenoxy) is 2. The summed E-state index contributed by atoms with van der Waals surface area (Å²) >= 11 is 6.28. The fourth-order valence-electron chi connectivity index (χ4n) is 4.33. The van der Waals surface area contributed by atoms with Crippen LogP contribution in [-0.2, 0) is 21.6 Å². The van der Waals surface area contributed by atoms with Crippen molar-refractivity contribution in [3.8, 4) is 39.5 Å². The maximum Gasteiger partial charge on any atom is 0.309 e. The Bertz CT molecular complexity index is 1410. The van der Waals surface area contributed by atoms with Gasteiger partial charge in [0.25, 0.3) is 0 Å². The molecule has 0 spiro atoms. The number of halogens is 2. The molecule has 0 fully saturated rings. The number of fused-ring (bicyclic) bond motifs is 3. The van der Waals surface area contributed by atoms with E-state index in [4.69, 9.17) is 26.1 Å². The van der Waals surface area contributed by atoms with Crippen molar-refractivity contribution in [2.75, 3.05) is 7.11 Å². The van der Waals surface area contributed by atoms with Crippen molar-refractivity contribution in [3.63, 3.8) is 0 Å². The van der Waals surface area contributed by atoms with Gasteiger partial charge >= 0.3 is 5.97 Å². The molecule has 0 atom stereocenters. The molecule has 7 heteroatoms. The SMILES string of the molecule is COC(=O)Cc1ccccc1-c1ccc2c(c1)OC(C)(C)c1[nH]c(-c3c(F)cccc3Cl)nc1-2. The van der Waals surface area contributed by atoms with Crippen LogP contribution >= 0.6 is 11.6 Å². The lowest BCUT2D eigenvalue weighted by Crippen LogP contribution is -2.29. The van der Waals surface area contributed by atoms with Crippen LogP contribution in [0, 0.1) is 5.82 Å². The molecular weight excluding hydrogens is 455 g/mol. The molecule has 5 nitrogen and oxygen atoms in total. The molecular formula is C27H22ClFN2O3. The number of aromatic nitrogens is 2. The van der Waals surface area contributed by atoms with Crippen LogP contribution in [0.15, 0.2) is 60.7 Å². The number of nitrogens with zero attached hydrogens (tertiary/aromatic N) is 1. The van der Waals surface area contributed by atoms with Gasteiger partial charge in [-0.05, 0) is 54.8 Å². The number of rotatable bonds is 4. The monoisotopic (exact) mass is 476 g/mol. The number of hydrogen-bond acceptors (Lipinski definition) is 4. The Morgan fingerprint density at radius 3 is 2.68 bits per heavy atom. The Labute approximate surface area is 201 Å². The molecule has 5 rings (SSSR count). The summed E-state index contributed by atoms with van der Waals surface area (Å²) in [5.74, 6) is 0.254. The lowest BCUT2D eigenvalue weighted by Gasteiger charge is -2.32. The highest BCUT2D eigenvalue weighted by molar-refractivity contribution is 6.33. The largest absolute Gasteiger partial charge is 0.481 e. The van der Waals surface area contributed by atoms with Crippen molar-refractivity contribution in [1.82, 2.24) is 9.97 Å². The van der Waals surface area contributed by atoms with Crippen LogP contribution in [0.4, 0.5) is 4.39 Å². The van der Waals surface area contributed by atoms with Gasteiger partial charge in [0.15, 0.2) is 0 Å². The average molecular weight is 477 g/mol. The number of carbonyl (C=O) groups excluding carboxylic acids is 1. The molecule has 0 unspecified atom stereocenters. The van der Waals surface area contributed by atoms with Crippen LogP contribution in [0.3, 0.4) is 0 Å². The van der Waals surface area contributed by atoms with Gasteiger partial charge in [-0.3, -0.25) is 4.79 Å². The van der Waals surface area contributed by atoms with Gasteiger partial charge in [-0.2, -0.15) is 0 Å². The number of carbonyl (C=O) groups is 1. The van der Waals surface area contributed by atoms with E-state index in [0.29, 0.717) is 17.3 Å². The van der Waals surface area contributed by atoms with E-state index in [1.54, 1.807) is 12.1 Å². The Morgan fingerprint density at radius 2 is 1.91 bits per heavy atom. The molecule has 0 bridgehead atoms. The number of benzene rings is 3. The topological polar surface area (TPSA) is 64.2 Å². The molecule has 3 aromatic carbocycles. The van der Waals surface area contributed by atoms with Gasteiger partial charge in [0.05, 0.1) is 35.5 Å². The first-order valence-electron chi connectivity index (χ1n) is 10.8. The quantitative estimate of drug-likeness (QED) is 0.339. The molecule has 0 saturated carbocycles. The Morgan fingerprint density at radius 1 is 1.12 bits per heavy atom. The Balaban J connectivity index is 1.62. The van der Waals surface area contributed by atoms with Gasteiger partial charge in [0, 0.05) is 5.56 Å². The first kappa shape index (κ1) is 22.2. The van der Waals surface area contributed by atoms with Crippen molar-refractivity contribution < 1.29 is 18.7 Å². The maximum absolute atomic E-state index is 14.6. The maximum atomic E-state index is 14.6. The lowest BCUT2D eigenvalue weighted by molar-refractivity contribution is -0.139. The fraction of sp³-hybridized carbons (Fsp3) is 0.185. The zero-order valence-corrected chi connectivity index (χ0v) is 19.7. The number of aromatic amines is 1. The Kier molecular flexibility index (Phi) is 5.41. The third kappa shape index (κ3) is 3.74. The second-order valence-corrected chi connectivity index (χ2v) is 9.05. The van der Waals surface area contributed by atoms with Crippen LogP contribution in [-0.4, -0.2) is 23.0 Å². The highest BCUT2D eigenvalue weighted by Gasteiger charge is 2.36. The average Bonchev–Trinajstić information content (AvgIpc) is 3.25. The summed E-state index contributed by atoms with van der Waals surface area (Å²) in [5, 5.41) is 0.280. The number of nitrogens with one attached hydrogen (secondary N) is 1. The zero-order chi connectivity index (χ0) is 24.0. The first-order chi connectivity index (χ1) is 16.3. The third-order valence-corrected chi connectivity index (χ3v) is 6.31. The van der Waals surface area contributed by atoms with Gasteiger partial charge in [-0.1, -0.05) is 48.0 Å². The molecule has 0 aliphatic carbocycles. The van der Waals surface area contributed by atoms with Crippen LogP contribution < -0.4 is 4.74 Å². The van der Waals surface area contributed by atoms with Gasteiger partial charge in [0.1, 0.15) is 23.0 Å². The van der Waals surface area contributed by atoms with E-state index in [9.17, 15) is 9.18 Å². The number of esters is 1. The van der Waals surface area contributed by atoms with E-state index >= 15 is 0 Å². The highest BCUT2D eigenvalue weighted by atomic mass is 35.5. The van der Waals surface area contributed by atoms with Crippen LogP contribution in [0.25, 0.3) is 33.8 Å². The molecule has 2 heterocycles. The van der Waals surface area contributed by atoms with Crippen molar-refractivity contribution in [3.05, 3.63) is 82.8 Å². The summed E-state index contributed by atoms with van der Waals surface area (Å²) in [4.78, 5) is 19.9. The fourth-order valence-corrected chi connectivity index (χ4v) is 4.58. The lowest BCUT2D eigenvalue weighted by atomic mass is 9.92. The van der Waals surface area contributed by atoms with Gasteiger partial charge < -0.3 is 14.5 Å². The van der Waals surface area contributed by atoms with Gasteiger partial charge in [0.2, 0.25) is 0 Å². The molecule has 1 aromatic heterocycles. The van der Waals surface area contributed by atoms with E-state index in [-0.39, 0.29) is 23.0 Å². The minimum Gasteiger partial charge on any atom is -0.481 e. The number of methoxy groups -OCH3 is 1. The van der Waals surface area contributed by atoms with E-state index in [1.165, 1.54) is 13.2 Å². The van der Waals surface area contributed by atoms with Crippen molar-refractivity contribution in [2.45, 2.75) is 25.9 Å². The molecule has 4 aromatic rings. The normalized spacial score (nSPS) is 13.6. The molecule has 0 saturated heterocycles. The highest BCUT2D eigenvalue weighted by Crippen LogP contribution is 2.47. The number of H-pyrrole nitrogens is 1. The smallest absolute Gasteiger partial charge is 0.309 e. The summed E-state index contributed by atoms with van der Waals surface area (Å²) in [6.45, 7) is 3.86. The predicted molar refractivity (Wildman–Crippen MR) is 129 cm³/mol. The summed E-state index contributed by atoms with van der Waals surface area (Å²) in [5.41, 5.74) is 4.40. The van der Waals surface area contributed by atoms with Crippen molar-refractivity contribution in [1.29, 1.82) is 0 Å². The molecule has 0 amide bonds. The molecule has 1 N–H and O–H groups in total. The second kappa shape index (κ2) is 8.29. The molecule has 1 aliphatic rings. The van der Waals surface area contributed by atoms with Crippen molar-refractivity contribution in [2.24, 2.45) is 0 Å². The van der Waals surface area contributed by atoms with Crippen LogP contribution in [0.2, 0.25) is 5.02 Å².